The summed E-state index contributed by atoms with van der Waals surface area (Å²) in [7, 11) is 1.89. The third kappa shape index (κ3) is 2.83. The highest BCUT2D eigenvalue weighted by molar-refractivity contribution is 5.83. The first-order valence-corrected chi connectivity index (χ1v) is 7.15. The Morgan fingerprint density at radius 2 is 1.95 bits per heavy atom. The van der Waals surface area contributed by atoms with E-state index in [1.54, 1.807) is 0 Å². The van der Waals surface area contributed by atoms with Crippen molar-refractivity contribution < 1.29 is 4.79 Å². The fourth-order valence-electron chi connectivity index (χ4n) is 2.59. The molecule has 3 rings (SSSR count). The van der Waals surface area contributed by atoms with Crippen molar-refractivity contribution in [3.63, 3.8) is 0 Å². The number of carbonyl (C=O) groups is 1. The molecular weight excluding hydrogens is 248 g/mol. The van der Waals surface area contributed by atoms with E-state index in [2.05, 4.69) is 35.6 Å². The molecule has 0 aromatic heterocycles. The minimum atomic E-state index is 0.240. The third-order valence-electron chi connectivity index (χ3n) is 3.99. The van der Waals surface area contributed by atoms with Crippen molar-refractivity contribution in [3.8, 4) is 0 Å². The second-order valence-corrected chi connectivity index (χ2v) is 5.66. The zero-order chi connectivity index (χ0) is 13.9. The Morgan fingerprint density at radius 3 is 2.65 bits per heavy atom. The summed E-state index contributed by atoms with van der Waals surface area (Å²) < 4.78 is 0. The monoisotopic (exact) mass is 268 g/mol. The van der Waals surface area contributed by atoms with E-state index in [4.69, 9.17) is 0 Å². The summed E-state index contributed by atoms with van der Waals surface area (Å²) in [4.78, 5) is 13.9. The maximum absolute atomic E-state index is 12.1. The summed E-state index contributed by atoms with van der Waals surface area (Å²) in [6.45, 7) is 2.65. The smallest absolute Gasteiger partial charge is 0.222 e. The van der Waals surface area contributed by atoms with Crippen molar-refractivity contribution >= 4 is 16.7 Å². The number of rotatable bonds is 4. The van der Waals surface area contributed by atoms with Gasteiger partial charge in [-0.15, -0.1) is 0 Å². The van der Waals surface area contributed by atoms with E-state index < -0.39 is 0 Å². The molecule has 1 fully saturated rings. The number of benzene rings is 2. The van der Waals surface area contributed by atoms with E-state index in [0.29, 0.717) is 18.9 Å². The topological polar surface area (TPSA) is 32.3 Å². The van der Waals surface area contributed by atoms with Crippen molar-refractivity contribution in [1.29, 1.82) is 0 Å². The van der Waals surface area contributed by atoms with E-state index >= 15 is 0 Å². The van der Waals surface area contributed by atoms with E-state index in [9.17, 15) is 4.79 Å². The first-order valence-electron chi connectivity index (χ1n) is 7.15. The summed E-state index contributed by atoms with van der Waals surface area (Å²) in [5.74, 6) is 0.770. The van der Waals surface area contributed by atoms with E-state index in [1.807, 2.05) is 24.1 Å². The van der Waals surface area contributed by atoms with Crippen LogP contribution in [0, 0.1) is 5.92 Å². The second kappa shape index (κ2) is 5.63. The van der Waals surface area contributed by atoms with Gasteiger partial charge >= 0.3 is 0 Å². The summed E-state index contributed by atoms with van der Waals surface area (Å²) in [6, 6.07) is 14.7. The van der Waals surface area contributed by atoms with Gasteiger partial charge in [0.15, 0.2) is 0 Å². The number of amides is 1. The maximum Gasteiger partial charge on any atom is 0.222 e. The Balaban J connectivity index is 1.66. The van der Waals surface area contributed by atoms with Crippen LogP contribution in [0.5, 0.6) is 0 Å². The zero-order valence-electron chi connectivity index (χ0n) is 11.8. The van der Waals surface area contributed by atoms with Gasteiger partial charge in [-0.25, -0.2) is 0 Å². The van der Waals surface area contributed by atoms with Gasteiger partial charge in [0.2, 0.25) is 5.91 Å². The van der Waals surface area contributed by atoms with Crippen LogP contribution < -0.4 is 5.32 Å². The minimum absolute atomic E-state index is 0.240. The second-order valence-electron chi connectivity index (χ2n) is 5.66. The van der Waals surface area contributed by atoms with Crippen LogP contribution in [0.15, 0.2) is 42.5 Å². The van der Waals surface area contributed by atoms with Gasteiger partial charge in [-0.05, 0) is 41.4 Å². The van der Waals surface area contributed by atoms with Crippen LogP contribution in [-0.2, 0) is 11.3 Å². The van der Waals surface area contributed by atoms with Gasteiger partial charge in [0.05, 0.1) is 0 Å². The normalized spacial score (nSPS) is 15.1. The van der Waals surface area contributed by atoms with Gasteiger partial charge in [-0.1, -0.05) is 36.4 Å². The molecule has 0 saturated carbocycles. The molecule has 0 aliphatic carbocycles. The highest BCUT2D eigenvalue weighted by Crippen LogP contribution is 2.17. The van der Waals surface area contributed by atoms with E-state index in [1.165, 1.54) is 16.3 Å². The average Bonchev–Trinajstić information content (AvgIpc) is 2.42. The van der Waals surface area contributed by atoms with Crippen LogP contribution in [0.2, 0.25) is 0 Å². The molecule has 20 heavy (non-hydrogen) atoms. The van der Waals surface area contributed by atoms with E-state index in [0.717, 1.165) is 13.1 Å². The molecule has 104 valence electrons. The third-order valence-corrected chi connectivity index (χ3v) is 3.99. The largest absolute Gasteiger partial charge is 0.341 e. The van der Waals surface area contributed by atoms with Crippen LogP contribution in [0.4, 0.5) is 0 Å². The number of nitrogens with one attached hydrogen (secondary N) is 1. The molecule has 1 aliphatic heterocycles. The van der Waals surface area contributed by atoms with Gasteiger partial charge in [-0.3, -0.25) is 4.79 Å². The van der Waals surface area contributed by atoms with Gasteiger partial charge in [0.1, 0.15) is 0 Å². The lowest BCUT2D eigenvalue weighted by Crippen LogP contribution is -2.44. The molecular formula is C17H20N2O. The van der Waals surface area contributed by atoms with Crippen LogP contribution in [0.1, 0.15) is 12.0 Å². The molecule has 3 nitrogen and oxygen atoms in total. The summed E-state index contributed by atoms with van der Waals surface area (Å²) in [6.07, 6.45) is 0.664. The Labute approximate surface area is 119 Å². The molecule has 1 heterocycles. The average molecular weight is 268 g/mol. The molecule has 0 bridgehead atoms. The Kier molecular flexibility index (Phi) is 3.70. The van der Waals surface area contributed by atoms with Crippen LogP contribution in [0.3, 0.4) is 0 Å². The van der Waals surface area contributed by atoms with Gasteiger partial charge in [-0.2, -0.15) is 0 Å². The van der Waals surface area contributed by atoms with Crippen molar-refractivity contribution in [3.05, 3.63) is 48.0 Å². The highest BCUT2D eigenvalue weighted by atomic mass is 16.2. The number of hydrogen-bond donors (Lipinski definition) is 1. The maximum atomic E-state index is 12.1. The number of carbonyl (C=O) groups excluding carboxylic acids is 1. The van der Waals surface area contributed by atoms with Gasteiger partial charge < -0.3 is 10.2 Å². The molecule has 2 aromatic rings. The Bertz CT molecular complexity index is 619. The molecule has 0 atom stereocenters. The summed E-state index contributed by atoms with van der Waals surface area (Å²) >= 11 is 0. The van der Waals surface area contributed by atoms with Crippen LogP contribution >= 0.6 is 0 Å². The van der Waals surface area contributed by atoms with Crippen molar-refractivity contribution in [2.75, 3.05) is 20.1 Å². The molecule has 1 N–H and O–H groups in total. The first kappa shape index (κ1) is 13.1. The van der Waals surface area contributed by atoms with Gasteiger partial charge in [0, 0.05) is 20.0 Å². The minimum Gasteiger partial charge on any atom is -0.341 e. The van der Waals surface area contributed by atoms with Crippen LogP contribution in [0.25, 0.3) is 10.8 Å². The molecule has 1 saturated heterocycles. The predicted octanol–water partition coefficient (Wildman–Crippen LogP) is 2.41. The number of hydrogen-bond acceptors (Lipinski definition) is 2. The molecule has 1 amide bonds. The quantitative estimate of drug-likeness (QED) is 0.923. The molecule has 0 radical (unpaired) electrons. The van der Waals surface area contributed by atoms with E-state index in [-0.39, 0.29) is 5.91 Å². The summed E-state index contributed by atoms with van der Waals surface area (Å²) in [5.41, 5.74) is 1.19. The Hall–Kier alpha value is -1.87. The molecule has 2 aromatic carbocycles. The SMILES string of the molecule is CN(Cc1ccc2ccccc2c1)C(=O)CC1CNC1. The van der Waals surface area contributed by atoms with Crippen molar-refractivity contribution in [2.24, 2.45) is 5.92 Å². The highest BCUT2D eigenvalue weighted by Gasteiger charge is 2.21. The van der Waals surface area contributed by atoms with Crippen molar-refractivity contribution in [1.82, 2.24) is 10.2 Å². The first-order chi connectivity index (χ1) is 9.72. The lowest BCUT2D eigenvalue weighted by molar-refractivity contribution is -0.131. The van der Waals surface area contributed by atoms with Crippen LogP contribution in [-0.4, -0.2) is 30.9 Å². The van der Waals surface area contributed by atoms with Crippen molar-refractivity contribution in [2.45, 2.75) is 13.0 Å². The number of nitrogens with zero attached hydrogens (tertiary/aromatic N) is 1. The molecule has 3 heteroatoms. The molecule has 1 aliphatic rings. The summed E-state index contributed by atoms with van der Waals surface area (Å²) in [5, 5.41) is 5.68. The number of fused-ring (bicyclic) bond motifs is 1. The van der Waals surface area contributed by atoms with Gasteiger partial charge in [0.25, 0.3) is 0 Å². The predicted molar refractivity (Wildman–Crippen MR) is 81.4 cm³/mol. The Morgan fingerprint density at radius 1 is 1.20 bits per heavy atom. The lowest BCUT2D eigenvalue weighted by atomic mass is 9.98. The molecule has 0 unspecified atom stereocenters. The fraction of sp³-hybridized carbons (Fsp3) is 0.353. The standard InChI is InChI=1S/C17H20N2O/c1-19(17(20)9-14-10-18-11-14)12-13-6-7-15-4-2-3-5-16(15)8-13/h2-8,14,18H,9-12H2,1H3. The zero-order valence-corrected chi connectivity index (χ0v) is 11.8. The molecule has 0 spiro atoms. The fourth-order valence-corrected chi connectivity index (χ4v) is 2.59. The lowest BCUT2D eigenvalue weighted by Gasteiger charge is -2.28.